The van der Waals surface area contributed by atoms with Gasteiger partial charge in [-0.2, -0.15) is 0 Å². The Bertz CT molecular complexity index is 388. The molecule has 0 saturated heterocycles. The zero-order valence-electron chi connectivity index (χ0n) is 11.3. The molecule has 0 amide bonds. The molecule has 0 atom stereocenters. The number of guanidine groups is 1. The lowest BCUT2D eigenvalue weighted by Crippen LogP contribution is -2.37. The Labute approximate surface area is 137 Å². The average Bonchev–Trinajstić information content (AvgIpc) is 2.38. The molecular weight excluding hydrogens is 377 g/mol. The van der Waals surface area contributed by atoms with E-state index in [9.17, 15) is 0 Å². The highest BCUT2D eigenvalue weighted by molar-refractivity contribution is 14.0. The summed E-state index contributed by atoms with van der Waals surface area (Å²) in [6.07, 6.45) is 0.953. The smallest absolute Gasteiger partial charge is 0.191 e. The van der Waals surface area contributed by atoms with Crippen molar-refractivity contribution in [2.24, 2.45) is 4.99 Å². The van der Waals surface area contributed by atoms with Gasteiger partial charge in [-0.25, -0.2) is 0 Å². The Morgan fingerprint density at radius 2 is 2.16 bits per heavy atom. The van der Waals surface area contributed by atoms with E-state index in [2.05, 4.69) is 15.6 Å². The van der Waals surface area contributed by atoms with E-state index < -0.39 is 0 Å². The molecule has 0 aliphatic rings. The largest absolute Gasteiger partial charge is 0.385 e. The fourth-order valence-electron chi connectivity index (χ4n) is 1.48. The van der Waals surface area contributed by atoms with Gasteiger partial charge in [-0.15, -0.1) is 24.0 Å². The molecule has 0 heterocycles. The number of hydrogen-bond donors (Lipinski definition) is 2. The van der Waals surface area contributed by atoms with Crippen molar-refractivity contribution < 1.29 is 4.74 Å². The molecule has 0 aliphatic heterocycles. The molecule has 4 nitrogen and oxygen atoms in total. The Hall–Kier alpha value is -0.530. The first kappa shape index (κ1) is 18.5. The van der Waals surface area contributed by atoms with Crippen LogP contribution in [0.15, 0.2) is 29.3 Å². The van der Waals surface area contributed by atoms with Crippen LogP contribution >= 0.6 is 35.6 Å². The van der Waals surface area contributed by atoms with E-state index in [1.54, 1.807) is 14.2 Å². The van der Waals surface area contributed by atoms with Gasteiger partial charge in [-0.3, -0.25) is 4.99 Å². The van der Waals surface area contributed by atoms with Gasteiger partial charge in [0.05, 0.1) is 0 Å². The van der Waals surface area contributed by atoms with E-state index >= 15 is 0 Å². The maximum atomic E-state index is 5.92. The normalized spacial score (nSPS) is 10.8. The second-order valence-corrected chi connectivity index (χ2v) is 4.27. The lowest BCUT2D eigenvalue weighted by Gasteiger charge is -2.11. The highest BCUT2D eigenvalue weighted by Gasteiger charge is 1.98. The zero-order valence-corrected chi connectivity index (χ0v) is 14.4. The fourth-order valence-corrected chi connectivity index (χ4v) is 1.69. The fraction of sp³-hybridized carbons (Fsp3) is 0.462. The topological polar surface area (TPSA) is 45.7 Å². The minimum Gasteiger partial charge on any atom is -0.385 e. The number of halogens is 2. The Kier molecular flexibility index (Phi) is 11.0. The molecule has 1 aromatic rings. The molecule has 2 N–H and O–H groups in total. The van der Waals surface area contributed by atoms with E-state index in [0.29, 0.717) is 6.54 Å². The van der Waals surface area contributed by atoms with Crippen LogP contribution in [0.4, 0.5) is 0 Å². The monoisotopic (exact) mass is 397 g/mol. The van der Waals surface area contributed by atoms with Crippen molar-refractivity contribution in [3.8, 4) is 0 Å². The van der Waals surface area contributed by atoms with Crippen LogP contribution in [0.25, 0.3) is 0 Å². The summed E-state index contributed by atoms with van der Waals surface area (Å²) in [6, 6.07) is 7.76. The molecule has 1 aromatic carbocycles. The molecular formula is C13H21ClIN3O. The number of rotatable bonds is 6. The van der Waals surface area contributed by atoms with Gasteiger partial charge in [0.2, 0.25) is 0 Å². The van der Waals surface area contributed by atoms with Crippen molar-refractivity contribution in [2.75, 3.05) is 27.3 Å². The molecule has 0 unspecified atom stereocenters. The van der Waals surface area contributed by atoms with E-state index in [-0.39, 0.29) is 24.0 Å². The predicted octanol–water partition coefficient (Wildman–Crippen LogP) is 2.66. The van der Waals surface area contributed by atoms with Crippen LogP contribution in [0, 0.1) is 0 Å². The molecule has 1 rings (SSSR count). The number of nitrogens with zero attached hydrogens (tertiary/aromatic N) is 1. The standard InChI is InChI=1S/C13H20ClN3O.HI/c1-15-13(16-7-4-8-18-2)17-10-11-5-3-6-12(14)9-11;/h3,5-6,9H,4,7-8,10H2,1-2H3,(H2,15,16,17);1H. The van der Waals surface area contributed by atoms with Crippen LogP contribution in [0.2, 0.25) is 5.02 Å². The van der Waals surface area contributed by atoms with Crippen LogP contribution in [-0.2, 0) is 11.3 Å². The highest BCUT2D eigenvalue weighted by Crippen LogP contribution is 2.09. The van der Waals surface area contributed by atoms with Gasteiger partial charge >= 0.3 is 0 Å². The molecule has 19 heavy (non-hydrogen) atoms. The summed E-state index contributed by atoms with van der Waals surface area (Å²) in [5.41, 5.74) is 1.13. The second kappa shape index (κ2) is 11.3. The summed E-state index contributed by atoms with van der Waals surface area (Å²) in [7, 11) is 3.45. The predicted molar refractivity (Wildman–Crippen MR) is 91.6 cm³/mol. The van der Waals surface area contributed by atoms with Crippen molar-refractivity contribution >= 4 is 41.5 Å². The van der Waals surface area contributed by atoms with Crippen molar-refractivity contribution in [3.05, 3.63) is 34.9 Å². The van der Waals surface area contributed by atoms with Gasteiger partial charge in [-0.05, 0) is 24.1 Å². The van der Waals surface area contributed by atoms with Gasteiger partial charge in [0.25, 0.3) is 0 Å². The van der Waals surface area contributed by atoms with Crippen LogP contribution in [0.5, 0.6) is 0 Å². The van der Waals surface area contributed by atoms with Crippen LogP contribution in [-0.4, -0.2) is 33.3 Å². The Balaban J connectivity index is 0.00000324. The molecule has 0 radical (unpaired) electrons. The SMILES string of the molecule is CN=C(NCCCOC)NCc1cccc(Cl)c1.I. The molecule has 0 fully saturated rings. The van der Waals surface area contributed by atoms with Gasteiger partial charge in [-0.1, -0.05) is 23.7 Å². The third-order valence-corrected chi connectivity index (χ3v) is 2.63. The van der Waals surface area contributed by atoms with Crippen molar-refractivity contribution in [1.29, 1.82) is 0 Å². The van der Waals surface area contributed by atoms with Gasteiger partial charge in [0, 0.05) is 38.9 Å². The molecule has 108 valence electrons. The Morgan fingerprint density at radius 1 is 1.37 bits per heavy atom. The number of hydrogen-bond acceptors (Lipinski definition) is 2. The first-order valence-corrected chi connectivity index (χ1v) is 6.32. The third-order valence-electron chi connectivity index (χ3n) is 2.39. The molecule has 0 aliphatic carbocycles. The van der Waals surface area contributed by atoms with Crippen molar-refractivity contribution in [3.63, 3.8) is 0 Å². The molecule has 0 aromatic heterocycles. The number of nitrogens with one attached hydrogen (secondary N) is 2. The molecule has 0 saturated carbocycles. The van der Waals surface area contributed by atoms with E-state index in [1.165, 1.54) is 0 Å². The summed E-state index contributed by atoms with van der Waals surface area (Å²) < 4.78 is 4.98. The van der Waals surface area contributed by atoms with Crippen molar-refractivity contribution in [1.82, 2.24) is 10.6 Å². The third kappa shape index (κ3) is 8.28. The lowest BCUT2D eigenvalue weighted by atomic mass is 10.2. The maximum absolute atomic E-state index is 5.92. The maximum Gasteiger partial charge on any atom is 0.191 e. The average molecular weight is 398 g/mol. The minimum atomic E-state index is 0. The van der Waals surface area contributed by atoms with Gasteiger partial charge in [0.15, 0.2) is 5.96 Å². The summed E-state index contributed by atoms with van der Waals surface area (Å²) in [4.78, 5) is 4.14. The molecule has 0 bridgehead atoms. The summed E-state index contributed by atoms with van der Waals surface area (Å²) in [5, 5.41) is 7.19. The zero-order chi connectivity index (χ0) is 13.2. The van der Waals surface area contributed by atoms with Crippen LogP contribution < -0.4 is 10.6 Å². The second-order valence-electron chi connectivity index (χ2n) is 3.83. The van der Waals surface area contributed by atoms with Crippen molar-refractivity contribution in [2.45, 2.75) is 13.0 Å². The summed E-state index contributed by atoms with van der Waals surface area (Å²) in [5.74, 6) is 0.783. The number of benzene rings is 1. The van der Waals surface area contributed by atoms with E-state index in [1.807, 2.05) is 24.3 Å². The molecule has 0 spiro atoms. The lowest BCUT2D eigenvalue weighted by molar-refractivity contribution is 0.195. The van der Waals surface area contributed by atoms with Crippen LogP contribution in [0.3, 0.4) is 0 Å². The minimum absolute atomic E-state index is 0. The summed E-state index contributed by atoms with van der Waals surface area (Å²) >= 11 is 5.92. The number of ether oxygens (including phenoxy) is 1. The first-order chi connectivity index (χ1) is 8.76. The van der Waals surface area contributed by atoms with E-state index in [4.69, 9.17) is 16.3 Å². The van der Waals surface area contributed by atoms with Gasteiger partial charge in [0.1, 0.15) is 0 Å². The van der Waals surface area contributed by atoms with Gasteiger partial charge < -0.3 is 15.4 Å². The molecule has 6 heteroatoms. The van der Waals surface area contributed by atoms with Crippen LogP contribution in [0.1, 0.15) is 12.0 Å². The summed E-state index contributed by atoms with van der Waals surface area (Å²) in [6.45, 7) is 2.28. The highest BCUT2D eigenvalue weighted by atomic mass is 127. The quantitative estimate of drug-likeness (QED) is 0.336. The Morgan fingerprint density at radius 3 is 2.79 bits per heavy atom. The number of methoxy groups -OCH3 is 1. The number of aliphatic imine (C=N–C) groups is 1. The van der Waals surface area contributed by atoms with E-state index in [0.717, 1.165) is 36.1 Å². The first-order valence-electron chi connectivity index (χ1n) is 5.94.